The molecule has 1 aromatic carbocycles. The lowest BCUT2D eigenvalue weighted by atomic mass is 10.1. The van der Waals surface area contributed by atoms with Gasteiger partial charge in [0.15, 0.2) is 6.08 Å². The van der Waals surface area contributed by atoms with Crippen LogP contribution in [0.2, 0.25) is 5.02 Å². The van der Waals surface area contributed by atoms with E-state index < -0.39 is 38.9 Å². The smallest absolute Gasteiger partial charge is 0.311 e. The Balaban J connectivity index is 2.36. The van der Waals surface area contributed by atoms with E-state index in [4.69, 9.17) is 27.6 Å². The number of rotatable bonds is 4. The van der Waals surface area contributed by atoms with Gasteiger partial charge in [-0.3, -0.25) is 4.79 Å². The van der Waals surface area contributed by atoms with Crippen molar-refractivity contribution in [3.8, 4) is 0 Å². The molecule has 2 N–H and O–H groups in total. The minimum Gasteiger partial charge on any atom is -0.460 e. The molecule has 6 nitrogen and oxygen atoms in total. The maximum atomic E-state index is 12.4. The minimum absolute atomic E-state index is 0.158. The highest BCUT2D eigenvalue weighted by molar-refractivity contribution is 7.87. The SMILES string of the molecule is [2H][C@@]1(c2ccc(Cl)cc2)OC(N)=C(OS(=O)(=O)C(C)C)C1=O. The van der Waals surface area contributed by atoms with Gasteiger partial charge in [0.25, 0.3) is 0 Å². The van der Waals surface area contributed by atoms with Crippen molar-refractivity contribution < 1.29 is 23.5 Å². The first kappa shape index (κ1) is 14.2. The van der Waals surface area contributed by atoms with Crippen LogP contribution in [0.3, 0.4) is 0 Å². The number of Topliss-reactive ketones (excluding diaryl/α,β-unsaturated/α-hetero) is 1. The standard InChI is InChI=1S/C13H14ClNO5S/c1-7(2)21(17,18)20-12-10(16)11(19-13(12)15)8-3-5-9(14)6-4-8/h3-7,11H,15H2,1-2H3/t11-/m0/s1/i11D. The summed E-state index contributed by atoms with van der Waals surface area (Å²) >= 11 is 5.75. The first-order chi connectivity index (χ1) is 10.1. The van der Waals surface area contributed by atoms with E-state index in [2.05, 4.69) is 0 Å². The highest BCUT2D eigenvalue weighted by atomic mass is 35.5. The summed E-state index contributed by atoms with van der Waals surface area (Å²) in [5.74, 6) is -2.21. The molecule has 0 amide bonds. The van der Waals surface area contributed by atoms with E-state index in [0.29, 0.717) is 5.02 Å². The molecule has 0 aliphatic carbocycles. The van der Waals surface area contributed by atoms with Gasteiger partial charge in [-0.1, -0.05) is 23.7 Å². The Morgan fingerprint density at radius 3 is 2.48 bits per heavy atom. The van der Waals surface area contributed by atoms with Crippen molar-refractivity contribution in [3.05, 3.63) is 46.5 Å². The van der Waals surface area contributed by atoms with Gasteiger partial charge in [0.2, 0.25) is 17.4 Å². The molecule has 2 rings (SSSR count). The van der Waals surface area contributed by atoms with Crippen molar-refractivity contribution in [1.82, 2.24) is 0 Å². The second kappa shape index (κ2) is 5.57. The van der Waals surface area contributed by atoms with Crippen LogP contribution in [-0.2, 0) is 23.8 Å². The van der Waals surface area contributed by atoms with E-state index >= 15 is 0 Å². The summed E-state index contributed by atoms with van der Waals surface area (Å²) in [7, 11) is -4.03. The van der Waals surface area contributed by atoms with Crippen LogP contribution in [0.5, 0.6) is 0 Å². The summed E-state index contributed by atoms with van der Waals surface area (Å²) in [5.41, 5.74) is 5.68. The predicted molar refractivity (Wildman–Crippen MR) is 76.6 cm³/mol. The molecular formula is C13H14ClNO5S. The number of benzene rings is 1. The average Bonchev–Trinajstić information content (AvgIpc) is 2.63. The van der Waals surface area contributed by atoms with Crippen LogP contribution in [0.4, 0.5) is 0 Å². The summed E-state index contributed by atoms with van der Waals surface area (Å²) < 4.78 is 41.5. The molecule has 0 spiro atoms. The van der Waals surface area contributed by atoms with Crippen molar-refractivity contribution in [2.45, 2.75) is 25.2 Å². The van der Waals surface area contributed by atoms with Crippen molar-refractivity contribution >= 4 is 27.5 Å². The lowest BCUT2D eigenvalue weighted by molar-refractivity contribution is -0.123. The summed E-state index contributed by atoms with van der Waals surface area (Å²) in [6.07, 6.45) is -2.20. The van der Waals surface area contributed by atoms with E-state index in [-0.39, 0.29) is 5.56 Å². The normalized spacial score (nSPS) is 23.2. The van der Waals surface area contributed by atoms with Gasteiger partial charge in [-0.2, -0.15) is 8.42 Å². The zero-order valence-corrected chi connectivity index (χ0v) is 12.9. The third-order valence-corrected chi connectivity index (χ3v) is 4.54. The number of ketones is 1. The highest BCUT2D eigenvalue weighted by Gasteiger charge is 2.39. The molecule has 1 aromatic rings. The Hall–Kier alpha value is -1.73. The minimum atomic E-state index is -4.03. The zero-order valence-electron chi connectivity index (χ0n) is 12.3. The van der Waals surface area contributed by atoms with Gasteiger partial charge >= 0.3 is 10.1 Å². The topological polar surface area (TPSA) is 95.7 Å². The Kier molecular flexibility index (Phi) is 3.77. The lowest BCUT2D eigenvalue weighted by Gasteiger charge is -2.10. The number of carbonyl (C=O) groups is 1. The Morgan fingerprint density at radius 1 is 1.38 bits per heavy atom. The maximum Gasteiger partial charge on any atom is 0.311 e. The van der Waals surface area contributed by atoms with Crippen LogP contribution in [-0.4, -0.2) is 19.5 Å². The molecule has 0 radical (unpaired) electrons. The summed E-state index contributed by atoms with van der Waals surface area (Å²) in [5, 5.41) is -0.463. The number of halogens is 1. The van der Waals surface area contributed by atoms with E-state index in [1.165, 1.54) is 38.1 Å². The van der Waals surface area contributed by atoms with E-state index in [9.17, 15) is 13.2 Å². The molecule has 1 atom stereocenters. The van der Waals surface area contributed by atoms with Gasteiger partial charge in [-0.05, 0) is 26.0 Å². The van der Waals surface area contributed by atoms with Gasteiger partial charge in [0, 0.05) is 10.6 Å². The second-order valence-corrected chi connectivity index (χ2v) is 7.12. The molecule has 0 unspecified atom stereocenters. The highest BCUT2D eigenvalue weighted by Crippen LogP contribution is 2.33. The molecular weight excluding hydrogens is 318 g/mol. The van der Waals surface area contributed by atoms with Crippen LogP contribution in [0.1, 0.15) is 26.9 Å². The Bertz CT molecular complexity index is 744. The fourth-order valence-corrected chi connectivity index (χ4v) is 2.21. The molecule has 0 bridgehead atoms. The third-order valence-electron chi connectivity index (χ3n) is 2.73. The van der Waals surface area contributed by atoms with Crippen molar-refractivity contribution in [2.24, 2.45) is 5.73 Å². The predicted octanol–water partition coefficient (Wildman–Crippen LogP) is 1.86. The molecule has 1 aliphatic heterocycles. The lowest BCUT2D eigenvalue weighted by Crippen LogP contribution is -2.21. The van der Waals surface area contributed by atoms with Crippen LogP contribution >= 0.6 is 11.6 Å². The number of carbonyl (C=O) groups excluding carboxylic acids is 1. The largest absolute Gasteiger partial charge is 0.460 e. The Morgan fingerprint density at radius 2 is 1.95 bits per heavy atom. The molecule has 1 heterocycles. The first-order valence-corrected chi connectivity index (χ1v) is 7.86. The van der Waals surface area contributed by atoms with Gasteiger partial charge in [0.05, 0.1) is 6.62 Å². The summed E-state index contributed by atoms with van der Waals surface area (Å²) in [6.45, 7) is 2.78. The molecule has 0 aromatic heterocycles. The van der Waals surface area contributed by atoms with Crippen LogP contribution in [0, 0.1) is 0 Å². The van der Waals surface area contributed by atoms with Crippen LogP contribution in [0.25, 0.3) is 0 Å². The number of hydrogen-bond donors (Lipinski definition) is 1. The number of hydrogen-bond acceptors (Lipinski definition) is 6. The third kappa shape index (κ3) is 3.14. The molecule has 8 heteroatoms. The van der Waals surface area contributed by atoms with E-state index in [1.807, 2.05) is 0 Å². The van der Waals surface area contributed by atoms with Gasteiger partial charge in [-0.25, -0.2) is 0 Å². The molecule has 114 valence electrons. The Labute approximate surface area is 129 Å². The monoisotopic (exact) mass is 332 g/mol. The number of nitrogens with two attached hydrogens (primary N) is 1. The van der Waals surface area contributed by atoms with Crippen molar-refractivity contribution in [1.29, 1.82) is 0 Å². The molecule has 1 aliphatic rings. The fourth-order valence-electron chi connectivity index (χ4n) is 1.50. The molecule has 21 heavy (non-hydrogen) atoms. The van der Waals surface area contributed by atoms with Gasteiger partial charge < -0.3 is 14.7 Å². The van der Waals surface area contributed by atoms with Crippen molar-refractivity contribution in [2.75, 3.05) is 0 Å². The van der Waals surface area contributed by atoms with Crippen LogP contribution < -0.4 is 5.73 Å². The molecule has 0 saturated heterocycles. The van der Waals surface area contributed by atoms with Crippen molar-refractivity contribution in [3.63, 3.8) is 0 Å². The first-order valence-electron chi connectivity index (χ1n) is 6.51. The second-order valence-electron chi connectivity index (χ2n) is 4.59. The summed E-state index contributed by atoms with van der Waals surface area (Å²) in [4.78, 5) is 12.4. The average molecular weight is 333 g/mol. The molecule has 0 fully saturated rings. The number of ether oxygens (including phenoxy) is 1. The van der Waals surface area contributed by atoms with Gasteiger partial charge in [0.1, 0.15) is 0 Å². The maximum absolute atomic E-state index is 12.4. The molecule has 0 saturated carbocycles. The van der Waals surface area contributed by atoms with Crippen LogP contribution in [0.15, 0.2) is 35.9 Å². The van der Waals surface area contributed by atoms with E-state index in [1.54, 1.807) is 0 Å². The summed E-state index contributed by atoms with van der Waals surface area (Å²) in [6, 6.07) is 5.79. The fraction of sp³-hybridized carbons (Fsp3) is 0.308. The van der Waals surface area contributed by atoms with E-state index in [0.717, 1.165) is 0 Å². The van der Waals surface area contributed by atoms with Gasteiger partial charge in [-0.15, -0.1) is 0 Å². The zero-order chi connectivity index (χ0) is 16.7. The quantitative estimate of drug-likeness (QED) is 0.845.